The van der Waals surface area contributed by atoms with Crippen molar-refractivity contribution in [2.45, 2.75) is 0 Å². The lowest BCUT2D eigenvalue weighted by atomic mass is 10.2. The van der Waals surface area contributed by atoms with Crippen molar-refractivity contribution in [1.29, 1.82) is 0 Å². The maximum atomic E-state index is 9.28. The molecule has 0 aliphatic heterocycles. The largest absolute Gasteiger partial charge is 0.508 e. The first-order chi connectivity index (χ1) is 7.63. The highest BCUT2D eigenvalue weighted by Crippen LogP contribution is 2.27. The molecule has 0 atom stereocenters. The average Bonchev–Trinajstić information content (AvgIpc) is 2.20. The maximum absolute atomic E-state index is 9.28. The van der Waals surface area contributed by atoms with E-state index in [0.29, 0.717) is 5.69 Å². The average molecular weight is 217 g/mol. The Bertz CT molecular complexity index is 474. The second-order valence-electron chi connectivity index (χ2n) is 3.41. The molecule has 2 aromatic rings. The number of hydrogen-bond acceptors (Lipinski definition) is 4. The van der Waals surface area contributed by atoms with Gasteiger partial charge in [-0.2, -0.15) is 0 Å². The van der Waals surface area contributed by atoms with Crippen LogP contribution in [0.5, 0.6) is 17.2 Å². The summed E-state index contributed by atoms with van der Waals surface area (Å²) in [6, 6.07) is 10.7. The minimum absolute atomic E-state index is 0.0127. The number of phenols is 3. The van der Waals surface area contributed by atoms with Crippen molar-refractivity contribution in [2.75, 3.05) is 5.32 Å². The van der Waals surface area contributed by atoms with Crippen molar-refractivity contribution in [1.82, 2.24) is 0 Å². The van der Waals surface area contributed by atoms with Crippen molar-refractivity contribution >= 4 is 11.4 Å². The summed E-state index contributed by atoms with van der Waals surface area (Å²) in [5, 5.41) is 30.6. The van der Waals surface area contributed by atoms with Crippen LogP contribution in [0, 0.1) is 0 Å². The second-order valence-corrected chi connectivity index (χ2v) is 3.41. The normalized spacial score (nSPS) is 10.0. The summed E-state index contributed by atoms with van der Waals surface area (Å²) in [5.41, 5.74) is 1.32. The topological polar surface area (TPSA) is 72.7 Å². The Kier molecular flexibility index (Phi) is 2.55. The molecule has 4 N–H and O–H groups in total. The van der Waals surface area contributed by atoms with E-state index in [1.807, 2.05) is 0 Å². The molecular formula is C12H11NO3. The second kappa shape index (κ2) is 4.02. The molecule has 0 aromatic heterocycles. The lowest BCUT2D eigenvalue weighted by molar-refractivity contribution is 0.451. The molecule has 0 aliphatic rings. The van der Waals surface area contributed by atoms with E-state index in [2.05, 4.69) is 5.32 Å². The number of nitrogens with one attached hydrogen (secondary N) is 1. The summed E-state index contributed by atoms with van der Waals surface area (Å²) in [6.45, 7) is 0. The van der Waals surface area contributed by atoms with Crippen molar-refractivity contribution in [3.63, 3.8) is 0 Å². The first-order valence-electron chi connectivity index (χ1n) is 4.72. The Morgan fingerprint density at radius 2 is 1.19 bits per heavy atom. The Balaban J connectivity index is 2.23. The van der Waals surface area contributed by atoms with E-state index in [-0.39, 0.29) is 17.2 Å². The van der Waals surface area contributed by atoms with Crippen molar-refractivity contribution in [3.05, 3.63) is 42.5 Å². The SMILES string of the molecule is Oc1ccc(Nc2cc(O)cc(O)c2)cc1. The molecule has 0 bridgehead atoms. The van der Waals surface area contributed by atoms with Gasteiger partial charge in [0.15, 0.2) is 0 Å². The molecule has 16 heavy (non-hydrogen) atoms. The Morgan fingerprint density at radius 1 is 0.625 bits per heavy atom. The molecule has 0 saturated carbocycles. The smallest absolute Gasteiger partial charge is 0.121 e. The molecular weight excluding hydrogens is 206 g/mol. The van der Waals surface area contributed by atoms with Crippen molar-refractivity contribution < 1.29 is 15.3 Å². The first-order valence-corrected chi connectivity index (χ1v) is 4.72. The molecule has 0 aliphatic carbocycles. The molecule has 0 fully saturated rings. The molecule has 82 valence electrons. The molecule has 0 amide bonds. The van der Waals surface area contributed by atoms with Gasteiger partial charge >= 0.3 is 0 Å². The van der Waals surface area contributed by atoms with E-state index in [1.54, 1.807) is 24.3 Å². The van der Waals surface area contributed by atoms with E-state index in [1.165, 1.54) is 18.2 Å². The van der Waals surface area contributed by atoms with Gasteiger partial charge in [0.1, 0.15) is 17.2 Å². The fourth-order valence-electron chi connectivity index (χ4n) is 1.38. The van der Waals surface area contributed by atoms with Crippen LogP contribution in [-0.2, 0) is 0 Å². The zero-order valence-electron chi connectivity index (χ0n) is 8.38. The third-order valence-electron chi connectivity index (χ3n) is 2.06. The van der Waals surface area contributed by atoms with E-state index in [9.17, 15) is 10.2 Å². The van der Waals surface area contributed by atoms with E-state index < -0.39 is 0 Å². The highest BCUT2D eigenvalue weighted by Gasteiger charge is 1.99. The number of hydrogen-bond donors (Lipinski definition) is 4. The fraction of sp³-hybridized carbons (Fsp3) is 0. The summed E-state index contributed by atoms with van der Waals surface area (Å²) in [6.07, 6.45) is 0. The van der Waals surface area contributed by atoms with E-state index in [0.717, 1.165) is 5.69 Å². The first kappa shape index (κ1) is 10.2. The van der Waals surface area contributed by atoms with E-state index >= 15 is 0 Å². The van der Waals surface area contributed by atoms with Crippen LogP contribution in [0.1, 0.15) is 0 Å². The molecule has 2 rings (SSSR count). The van der Waals surface area contributed by atoms with Gasteiger partial charge in [0.05, 0.1) is 0 Å². The number of aromatic hydroxyl groups is 3. The molecule has 0 saturated heterocycles. The van der Waals surface area contributed by atoms with Crippen LogP contribution in [0.4, 0.5) is 11.4 Å². The van der Waals surface area contributed by atoms with Crippen LogP contribution in [0.3, 0.4) is 0 Å². The molecule has 0 unspecified atom stereocenters. The van der Waals surface area contributed by atoms with Gasteiger partial charge in [-0.25, -0.2) is 0 Å². The minimum Gasteiger partial charge on any atom is -0.508 e. The van der Waals surface area contributed by atoms with Gasteiger partial charge < -0.3 is 20.6 Å². The van der Waals surface area contributed by atoms with Gasteiger partial charge in [-0.3, -0.25) is 0 Å². The van der Waals surface area contributed by atoms with Crippen LogP contribution in [-0.4, -0.2) is 15.3 Å². The number of anilines is 2. The highest BCUT2D eigenvalue weighted by atomic mass is 16.3. The highest BCUT2D eigenvalue weighted by molar-refractivity contribution is 5.63. The van der Waals surface area contributed by atoms with Gasteiger partial charge in [0, 0.05) is 29.6 Å². The van der Waals surface area contributed by atoms with Crippen LogP contribution < -0.4 is 5.32 Å². The van der Waals surface area contributed by atoms with Gasteiger partial charge in [-0.05, 0) is 24.3 Å². The van der Waals surface area contributed by atoms with Crippen LogP contribution in [0.15, 0.2) is 42.5 Å². The zero-order valence-corrected chi connectivity index (χ0v) is 8.38. The summed E-state index contributed by atoms with van der Waals surface area (Å²) in [5.74, 6) is 0.159. The Hall–Kier alpha value is -2.36. The van der Waals surface area contributed by atoms with Crippen LogP contribution in [0.2, 0.25) is 0 Å². The summed E-state index contributed by atoms with van der Waals surface area (Å²) >= 11 is 0. The lowest BCUT2D eigenvalue weighted by Crippen LogP contribution is -1.89. The summed E-state index contributed by atoms with van der Waals surface area (Å²) in [7, 11) is 0. The molecule has 4 heteroatoms. The quantitative estimate of drug-likeness (QED) is 0.583. The Labute approximate surface area is 92.4 Å². The maximum Gasteiger partial charge on any atom is 0.121 e. The third kappa shape index (κ3) is 2.36. The standard InChI is InChI=1S/C12H11NO3/c14-10-3-1-8(2-4-10)13-9-5-11(15)7-12(16)6-9/h1-7,13-16H. The predicted molar refractivity (Wildman–Crippen MR) is 61.2 cm³/mol. The number of benzene rings is 2. The summed E-state index contributed by atoms with van der Waals surface area (Å²) in [4.78, 5) is 0. The third-order valence-corrected chi connectivity index (χ3v) is 2.06. The molecule has 0 heterocycles. The predicted octanol–water partition coefficient (Wildman–Crippen LogP) is 2.55. The minimum atomic E-state index is -0.0127. The van der Waals surface area contributed by atoms with Gasteiger partial charge in [0.2, 0.25) is 0 Å². The monoisotopic (exact) mass is 217 g/mol. The number of rotatable bonds is 2. The molecule has 4 nitrogen and oxygen atoms in total. The molecule has 0 radical (unpaired) electrons. The fourth-order valence-corrected chi connectivity index (χ4v) is 1.38. The Morgan fingerprint density at radius 3 is 1.75 bits per heavy atom. The van der Waals surface area contributed by atoms with Gasteiger partial charge in [0.25, 0.3) is 0 Å². The van der Waals surface area contributed by atoms with Crippen molar-refractivity contribution in [2.24, 2.45) is 0 Å². The molecule has 2 aromatic carbocycles. The van der Waals surface area contributed by atoms with Gasteiger partial charge in [-0.1, -0.05) is 0 Å². The van der Waals surface area contributed by atoms with Crippen molar-refractivity contribution in [3.8, 4) is 17.2 Å². The molecule has 0 spiro atoms. The van der Waals surface area contributed by atoms with Crippen LogP contribution >= 0.6 is 0 Å². The lowest BCUT2D eigenvalue weighted by Gasteiger charge is -2.07. The van der Waals surface area contributed by atoms with E-state index in [4.69, 9.17) is 5.11 Å². The van der Waals surface area contributed by atoms with Gasteiger partial charge in [-0.15, -0.1) is 0 Å². The van der Waals surface area contributed by atoms with Crippen LogP contribution in [0.25, 0.3) is 0 Å². The number of phenolic OH excluding ortho intramolecular Hbond substituents is 3. The summed E-state index contributed by atoms with van der Waals surface area (Å²) < 4.78 is 0. The zero-order chi connectivity index (χ0) is 11.5.